The highest BCUT2D eigenvalue weighted by Gasteiger charge is 2.22. The average Bonchev–Trinajstić information content (AvgIpc) is 2.63. The molecule has 0 aliphatic carbocycles. The van der Waals surface area contributed by atoms with E-state index in [2.05, 4.69) is 15.6 Å². The first-order chi connectivity index (χ1) is 13.7. The quantitative estimate of drug-likeness (QED) is 0.681. The number of aryl methyl sites for hydroxylation is 1. The Hall–Kier alpha value is -2.64. The van der Waals surface area contributed by atoms with Crippen LogP contribution in [-0.2, 0) is 9.59 Å². The van der Waals surface area contributed by atoms with E-state index in [-0.39, 0.29) is 40.2 Å². The van der Waals surface area contributed by atoms with Crippen molar-refractivity contribution in [2.45, 2.75) is 26.7 Å². The summed E-state index contributed by atoms with van der Waals surface area (Å²) in [5.74, 6) is -0.789. The number of hydrogen-bond donors (Lipinski definition) is 2. The van der Waals surface area contributed by atoms with Crippen LogP contribution in [-0.4, -0.2) is 41.2 Å². The second kappa shape index (κ2) is 10.2. The summed E-state index contributed by atoms with van der Waals surface area (Å²) in [6.45, 7) is 3.52. The Balaban J connectivity index is 2.17. The van der Waals surface area contributed by atoms with Crippen molar-refractivity contribution in [3.8, 4) is 0 Å². The highest BCUT2D eigenvalue weighted by Crippen LogP contribution is 2.31. The molecule has 7 nitrogen and oxygen atoms in total. The molecule has 0 atom stereocenters. The molecule has 0 saturated carbocycles. The third-order valence-electron chi connectivity index (χ3n) is 3.94. The normalized spacial score (nSPS) is 10.4. The molecule has 154 valence electrons. The van der Waals surface area contributed by atoms with E-state index in [0.717, 1.165) is 5.56 Å². The molecule has 2 aromatic rings. The minimum absolute atomic E-state index is 0.107. The molecule has 0 aliphatic rings. The van der Waals surface area contributed by atoms with Crippen LogP contribution in [0.25, 0.3) is 0 Å². The van der Waals surface area contributed by atoms with Crippen LogP contribution in [0.2, 0.25) is 10.0 Å². The van der Waals surface area contributed by atoms with Crippen LogP contribution in [0, 0.1) is 6.92 Å². The molecule has 2 N–H and O–H groups in total. The average molecular weight is 437 g/mol. The second-order valence-corrected chi connectivity index (χ2v) is 7.38. The summed E-state index contributed by atoms with van der Waals surface area (Å²) in [6.07, 6.45) is 2.51. The third kappa shape index (κ3) is 6.44. The molecule has 0 unspecified atom stereocenters. The van der Waals surface area contributed by atoms with Crippen LogP contribution in [0.3, 0.4) is 0 Å². The Labute approximate surface area is 179 Å². The van der Waals surface area contributed by atoms with Crippen molar-refractivity contribution in [1.82, 2.24) is 9.88 Å². The zero-order valence-electron chi connectivity index (χ0n) is 16.4. The number of likely N-dealkylation sites (N-methyl/N-ethyl adjacent to an activating group) is 1. The molecule has 0 aliphatic heterocycles. The molecule has 1 aromatic carbocycles. The summed E-state index contributed by atoms with van der Waals surface area (Å²) in [5.41, 5.74) is 1.23. The van der Waals surface area contributed by atoms with E-state index in [9.17, 15) is 14.4 Å². The van der Waals surface area contributed by atoms with Gasteiger partial charge in [-0.1, -0.05) is 30.1 Å². The smallest absolute Gasteiger partial charge is 0.256 e. The first kappa shape index (κ1) is 22.6. The molecule has 3 amide bonds. The number of carbonyl (C=O) groups is 3. The highest BCUT2D eigenvalue weighted by atomic mass is 35.5. The standard InChI is InChI=1S/C20H22Cl2N4O3/c1-4-5-17(27)25-19-14(9-13(21)10-15(19)22)20(29)26(3)11-18(28)24-16-8-12(2)6-7-23-16/h6-10H,4-5,11H2,1-3H3,(H,25,27)(H,23,24,28). The highest BCUT2D eigenvalue weighted by molar-refractivity contribution is 6.38. The SMILES string of the molecule is CCCC(=O)Nc1c(Cl)cc(Cl)cc1C(=O)N(C)CC(=O)Nc1cc(C)ccn1. The molecule has 0 saturated heterocycles. The number of anilines is 2. The number of rotatable bonds is 7. The van der Waals surface area contributed by atoms with Crippen molar-refractivity contribution in [2.24, 2.45) is 0 Å². The van der Waals surface area contributed by atoms with Gasteiger partial charge in [0.05, 0.1) is 22.8 Å². The lowest BCUT2D eigenvalue weighted by Crippen LogP contribution is -2.35. The van der Waals surface area contributed by atoms with Crippen molar-refractivity contribution in [1.29, 1.82) is 0 Å². The molecular weight excluding hydrogens is 415 g/mol. The number of pyridine rings is 1. The maximum atomic E-state index is 12.9. The molecule has 2 rings (SSSR count). The van der Waals surface area contributed by atoms with Gasteiger partial charge >= 0.3 is 0 Å². The summed E-state index contributed by atoms with van der Waals surface area (Å²) in [7, 11) is 1.47. The lowest BCUT2D eigenvalue weighted by Gasteiger charge is -2.20. The van der Waals surface area contributed by atoms with Gasteiger partial charge in [-0.15, -0.1) is 0 Å². The Kier molecular flexibility index (Phi) is 7.99. The lowest BCUT2D eigenvalue weighted by molar-refractivity contribution is -0.117. The van der Waals surface area contributed by atoms with E-state index in [1.165, 1.54) is 24.1 Å². The van der Waals surface area contributed by atoms with E-state index in [0.29, 0.717) is 12.2 Å². The number of aromatic nitrogens is 1. The zero-order chi connectivity index (χ0) is 21.6. The van der Waals surface area contributed by atoms with E-state index in [1.807, 2.05) is 19.9 Å². The Bertz CT molecular complexity index is 934. The van der Waals surface area contributed by atoms with E-state index >= 15 is 0 Å². The van der Waals surface area contributed by atoms with Gasteiger partial charge in [0, 0.05) is 24.7 Å². The summed E-state index contributed by atoms with van der Waals surface area (Å²) < 4.78 is 0. The first-order valence-corrected chi connectivity index (χ1v) is 9.73. The van der Waals surface area contributed by atoms with Crippen LogP contribution in [0.5, 0.6) is 0 Å². The van der Waals surface area contributed by atoms with Gasteiger partial charge in [0.1, 0.15) is 5.82 Å². The number of nitrogens with one attached hydrogen (secondary N) is 2. The minimum Gasteiger partial charge on any atom is -0.332 e. The van der Waals surface area contributed by atoms with Crippen molar-refractivity contribution in [3.05, 3.63) is 51.6 Å². The molecular formula is C20H22Cl2N4O3. The topological polar surface area (TPSA) is 91.4 Å². The first-order valence-electron chi connectivity index (χ1n) is 8.98. The Morgan fingerprint density at radius 3 is 2.48 bits per heavy atom. The third-order valence-corrected chi connectivity index (χ3v) is 4.45. The van der Waals surface area contributed by atoms with Crippen LogP contribution in [0.15, 0.2) is 30.5 Å². The van der Waals surface area contributed by atoms with Crippen molar-refractivity contribution >= 4 is 52.4 Å². The maximum absolute atomic E-state index is 12.9. The van der Waals surface area contributed by atoms with Gasteiger partial charge in [0.25, 0.3) is 5.91 Å². The van der Waals surface area contributed by atoms with Gasteiger partial charge in [-0.25, -0.2) is 4.98 Å². The van der Waals surface area contributed by atoms with Crippen molar-refractivity contribution < 1.29 is 14.4 Å². The van der Waals surface area contributed by atoms with Crippen LogP contribution < -0.4 is 10.6 Å². The lowest BCUT2D eigenvalue weighted by atomic mass is 10.1. The second-order valence-electron chi connectivity index (χ2n) is 6.54. The van der Waals surface area contributed by atoms with E-state index < -0.39 is 11.8 Å². The molecule has 9 heteroatoms. The molecule has 0 radical (unpaired) electrons. The maximum Gasteiger partial charge on any atom is 0.256 e. The van der Waals surface area contributed by atoms with Gasteiger partial charge < -0.3 is 15.5 Å². The van der Waals surface area contributed by atoms with Gasteiger partial charge in [-0.2, -0.15) is 0 Å². The van der Waals surface area contributed by atoms with E-state index in [1.54, 1.807) is 12.3 Å². The molecule has 0 fully saturated rings. The minimum atomic E-state index is -0.506. The van der Waals surface area contributed by atoms with Crippen molar-refractivity contribution in [3.63, 3.8) is 0 Å². The van der Waals surface area contributed by atoms with Gasteiger partial charge in [-0.05, 0) is 43.2 Å². The number of benzene rings is 1. The van der Waals surface area contributed by atoms with E-state index in [4.69, 9.17) is 23.2 Å². The van der Waals surface area contributed by atoms with Crippen molar-refractivity contribution in [2.75, 3.05) is 24.2 Å². The monoisotopic (exact) mass is 436 g/mol. The molecule has 1 heterocycles. The van der Waals surface area contributed by atoms with Gasteiger partial charge in [0.2, 0.25) is 11.8 Å². The molecule has 0 spiro atoms. The number of amides is 3. The summed E-state index contributed by atoms with van der Waals surface area (Å²) >= 11 is 12.2. The number of nitrogens with zero attached hydrogens (tertiary/aromatic N) is 2. The summed E-state index contributed by atoms with van der Waals surface area (Å²) in [4.78, 5) is 42.5. The predicted octanol–water partition coefficient (Wildman–Crippen LogP) is 4.15. The van der Waals surface area contributed by atoms with Gasteiger partial charge in [-0.3, -0.25) is 14.4 Å². The Morgan fingerprint density at radius 1 is 1.10 bits per heavy atom. The summed E-state index contributed by atoms with van der Waals surface area (Å²) in [5, 5.41) is 5.68. The molecule has 1 aromatic heterocycles. The fourth-order valence-electron chi connectivity index (χ4n) is 2.58. The molecule has 0 bridgehead atoms. The zero-order valence-corrected chi connectivity index (χ0v) is 17.9. The predicted molar refractivity (Wildman–Crippen MR) is 115 cm³/mol. The largest absolute Gasteiger partial charge is 0.332 e. The van der Waals surface area contributed by atoms with Crippen LogP contribution in [0.1, 0.15) is 35.7 Å². The number of carbonyl (C=O) groups excluding carboxylic acids is 3. The van der Waals surface area contributed by atoms with Gasteiger partial charge in [0.15, 0.2) is 0 Å². The fourth-order valence-corrected chi connectivity index (χ4v) is 3.12. The Morgan fingerprint density at radius 2 is 1.83 bits per heavy atom. The van der Waals surface area contributed by atoms with Crippen LogP contribution >= 0.6 is 23.2 Å². The number of hydrogen-bond acceptors (Lipinski definition) is 4. The molecule has 29 heavy (non-hydrogen) atoms. The summed E-state index contributed by atoms with van der Waals surface area (Å²) in [6, 6.07) is 6.38. The number of halogens is 2. The fraction of sp³-hybridized carbons (Fsp3) is 0.300. The van der Waals surface area contributed by atoms with Crippen LogP contribution in [0.4, 0.5) is 11.5 Å².